The van der Waals surface area contributed by atoms with Gasteiger partial charge in [-0.15, -0.1) is 0 Å². The van der Waals surface area contributed by atoms with Crippen LogP contribution in [0.15, 0.2) is 0 Å². The Kier molecular flexibility index (Phi) is 6.72. The van der Waals surface area contributed by atoms with Crippen molar-refractivity contribution >= 4 is 0 Å². The van der Waals surface area contributed by atoms with Crippen molar-refractivity contribution in [3.05, 3.63) is 0 Å². The highest BCUT2D eigenvalue weighted by Gasteiger charge is 2.48. The molecule has 8 atom stereocenters. The molecule has 0 nitrogen and oxygen atoms in total. The lowest BCUT2D eigenvalue weighted by atomic mass is 9.55. The number of hydrogen-bond donors (Lipinski definition) is 0. The largest absolute Gasteiger partial charge is 0.0654 e. The normalized spacial score (nSPS) is 46.0. The molecule has 0 amide bonds. The Bertz CT molecular complexity index is 372. The number of rotatable bonds is 6. The minimum absolute atomic E-state index is 1.00. The van der Waals surface area contributed by atoms with E-state index < -0.39 is 0 Å². The van der Waals surface area contributed by atoms with Crippen LogP contribution in [0.25, 0.3) is 0 Å². The molecule has 3 fully saturated rings. The topological polar surface area (TPSA) is 0 Å². The van der Waals surface area contributed by atoms with Gasteiger partial charge in [0.15, 0.2) is 0 Å². The minimum Gasteiger partial charge on any atom is -0.0654 e. The molecule has 24 heavy (non-hydrogen) atoms. The maximum absolute atomic E-state index is 2.62. The van der Waals surface area contributed by atoms with Gasteiger partial charge in [-0.2, -0.15) is 0 Å². The van der Waals surface area contributed by atoms with Crippen molar-refractivity contribution in [2.75, 3.05) is 0 Å². The molecule has 0 bridgehead atoms. The predicted octanol–water partition coefficient (Wildman–Crippen LogP) is 7.72. The van der Waals surface area contributed by atoms with Gasteiger partial charge in [-0.1, -0.05) is 66.2 Å². The van der Waals surface area contributed by atoms with Gasteiger partial charge in [-0.05, 0) is 85.9 Å². The highest BCUT2D eigenvalue weighted by atomic mass is 14.5. The first-order chi connectivity index (χ1) is 11.7. The Balaban J connectivity index is 1.77. The fraction of sp³-hybridized carbons (Fsp3) is 1.00. The van der Waals surface area contributed by atoms with Crippen molar-refractivity contribution in [2.24, 2.45) is 47.3 Å². The molecule has 0 aromatic heterocycles. The summed E-state index contributed by atoms with van der Waals surface area (Å²) in [4.78, 5) is 0. The summed E-state index contributed by atoms with van der Waals surface area (Å²) in [6.07, 6.45) is 18.2. The van der Waals surface area contributed by atoms with Crippen LogP contribution in [0.1, 0.15) is 105 Å². The Morgan fingerprint density at radius 3 is 2.29 bits per heavy atom. The molecule has 0 aliphatic heterocycles. The van der Waals surface area contributed by atoms with Gasteiger partial charge in [0, 0.05) is 0 Å². The first kappa shape index (κ1) is 18.8. The van der Waals surface area contributed by atoms with Crippen LogP contribution >= 0.6 is 0 Å². The Hall–Kier alpha value is 0. The molecule has 0 aromatic carbocycles. The van der Waals surface area contributed by atoms with E-state index in [9.17, 15) is 0 Å². The first-order valence-corrected chi connectivity index (χ1v) is 11.7. The van der Waals surface area contributed by atoms with E-state index in [4.69, 9.17) is 0 Å². The molecule has 0 spiro atoms. The zero-order chi connectivity index (χ0) is 17.1. The molecule has 140 valence electrons. The van der Waals surface area contributed by atoms with Crippen molar-refractivity contribution in [2.45, 2.75) is 105 Å². The van der Waals surface area contributed by atoms with Gasteiger partial charge < -0.3 is 0 Å². The fourth-order valence-corrected chi connectivity index (χ4v) is 7.58. The van der Waals surface area contributed by atoms with E-state index in [-0.39, 0.29) is 0 Å². The molecule has 8 unspecified atom stereocenters. The van der Waals surface area contributed by atoms with Gasteiger partial charge in [-0.3, -0.25) is 0 Å². The molecule has 3 aliphatic rings. The van der Waals surface area contributed by atoms with Crippen LogP contribution in [0.3, 0.4) is 0 Å². The van der Waals surface area contributed by atoms with Gasteiger partial charge in [-0.25, -0.2) is 0 Å². The van der Waals surface area contributed by atoms with Crippen molar-refractivity contribution in [1.82, 2.24) is 0 Å². The van der Waals surface area contributed by atoms with Crippen molar-refractivity contribution in [3.63, 3.8) is 0 Å². The standard InChI is InChI=1S/C24H44/c1-5-8-11-22-17(4)15-20-10-9-12-23(20)24(22)21-14-13-18(6-2)19(7-3)16-21/h17-24H,5-16H2,1-4H3. The second-order valence-corrected chi connectivity index (χ2v) is 9.86. The van der Waals surface area contributed by atoms with Crippen LogP contribution in [0, 0.1) is 47.3 Å². The molecule has 0 N–H and O–H groups in total. The minimum atomic E-state index is 1.00. The summed E-state index contributed by atoms with van der Waals surface area (Å²) in [5, 5.41) is 0. The second-order valence-electron chi connectivity index (χ2n) is 9.86. The van der Waals surface area contributed by atoms with Crippen LogP contribution in [-0.2, 0) is 0 Å². The summed E-state index contributed by atoms with van der Waals surface area (Å²) < 4.78 is 0. The Labute approximate surface area is 152 Å². The van der Waals surface area contributed by atoms with Crippen LogP contribution in [0.2, 0.25) is 0 Å². The molecule has 0 heteroatoms. The highest BCUT2D eigenvalue weighted by molar-refractivity contribution is 4.97. The predicted molar refractivity (Wildman–Crippen MR) is 106 cm³/mol. The molecule has 3 saturated carbocycles. The monoisotopic (exact) mass is 332 g/mol. The Morgan fingerprint density at radius 2 is 1.58 bits per heavy atom. The van der Waals surface area contributed by atoms with E-state index in [2.05, 4.69) is 27.7 Å². The second kappa shape index (κ2) is 8.59. The van der Waals surface area contributed by atoms with Crippen LogP contribution in [0.4, 0.5) is 0 Å². The van der Waals surface area contributed by atoms with E-state index >= 15 is 0 Å². The molecule has 3 aliphatic carbocycles. The van der Waals surface area contributed by atoms with E-state index in [1.807, 2.05) is 0 Å². The Morgan fingerprint density at radius 1 is 0.792 bits per heavy atom. The lowest BCUT2D eigenvalue weighted by Crippen LogP contribution is -2.43. The molecule has 0 saturated heterocycles. The maximum atomic E-state index is 2.62. The molecule has 0 aromatic rings. The lowest BCUT2D eigenvalue weighted by Gasteiger charge is -2.51. The van der Waals surface area contributed by atoms with Crippen LogP contribution in [0.5, 0.6) is 0 Å². The van der Waals surface area contributed by atoms with E-state index in [1.165, 1.54) is 32.1 Å². The van der Waals surface area contributed by atoms with Gasteiger partial charge >= 0.3 is 0 Å². The molecular formula is C24H44. The number of hydrogen-bond acceptors (Lipinski definition) is 0. The first-order valence-electron chi connectivity index (χ1n) is 11.7. The third-order valence-corrected chi connectivity index (χ3v) is 8.78. The molecule has 0 radical (unpaired) electrons. The molecule has 0 heterocycles. The average molecular weight is 333 g/mol. The van der Waals surface area contributed by atoms with Crippen LogP contribution < -0.4 is 0 Å². The van der Waals surface area contributed by atoms with Crippen molar-refractivity contribution in [3.8, 4) is 0 Å². The maximum Gasteiger partial charge on any atom is -0.0324 e. The SMILES string of the molecule is CCCCC1C(C)CC2CCCC2C1C1CCC(CC)C(CC)C1. The van der Waals surface area contributed by atoms with Crippen molar-refractivity contribution < 1.29 is 0 Å². The van der Waals surface area contributed by atoms with E-state index in [0.29, 0.717) is 0 Å². The zero-order valence-corrected chi connectivity index (χ0v) is 17.1. The summed E-state index contributed by atoms with van der Waals surface area (Å²) in [5.41, 5.74) is 0. The summed E-state index contributed by atoms with van der Waals surface area (Å²) in [5.74, 6) is 8.54. The lowest BCUT2D eigenvalue weighted by molar-refractivity contribution is -0.0149. The number of fused-ring (bicyclic) bond motifs is 1. The van der Waals surface area contributed by atoms with Gasteiger partial charge in [0.2, 0.25) is 0 Å². The zero-order valence-electron chi connectivity index (χ0n) is 17.1. The third-order valence-electron chi connectivity index (χ3n) is 8.78. The van der Waals surface area contributed by atoms with Gasteiger partial charge in [0.25, 0.3) is 0 Å². The van der Waals surface area contributed by atoms with E-state index in [1.54, 1.807) is 44.9 Å². The van der Waals surface area contributed by atoms with Gasteiger partial charge in [0.05, 0.1) is 0 Å². The fourth-order valence-electron chi connectivity index (χ4n) is 7.58. The van der Waals surface area contributed by atoms with Gasteiger partial charge in [0.1, 0.15) is 0 Å². The summed E-state index contributed by atoms with van der Waals surface area (Å²) >= 11 is 0. The average Bonchev–Trinajstić information content (AvgIpc) is 3.06. The molecule has 3 rings (SSSR count). The molecular weight excluding hydrogens is 288 g/mol. The van der Waals surface area contributed by atoms with Crippen LogP contribution in [-0.4, -0.2) is 0 Å². The van der Waals surface area contributed by atoms with E-state index in [0.717, 1.165) is 47.3 Å². The quantitative estimate of drug-likeness (QED) is 0.467. The smallest absolute Gasteiger partial charge is 0.0324 e. The summed E-state index contributed by atoms with van der Waals surface area (Å²) in [7, 11) is 0. The highest BCUT2D eigenvalue weighted by Crippen LogP contribution is 2.57. The number of unbranched alkanes of at least 4 members (excludes halogenated alkanes) is 1. The third kappa shape index (κ3) is 3.73. The van der Waals surface area contributed by atoms with Crippen molar-refractivity contribution in [1.29, 1.82) is 0 Å². The summed E-state index contributed by atoms with van der Waals surface area (Å²) in [6.45, 7) is 9.91. The summed E-state index contributed by atoms with van der Waals surface area (Å²) in [6, 6.07) is 0.